The smallest absolute Gasteiger partial charge is 0.165 e. The quantitative estimate of drug-likeness (QED) is 0.842. The third-order valence-corrected chi connectivity index (χ3v) is 3.79. The van der Waals surface area contributed by atoms with Crippen molar-refractivity contribution in [1.82, 2.24) is 10.2 Å². The van der Waals surface area contributed by atoms with Crippen LogP contribution in [0, 0.1) is 5.82 Å². The van der Waals surface area contributed by atoms with Crippen LogP contribution in [0.3, 0.4) is 0 Å². The second-order valence-electron chi connectivity index (χ2n) is 5.03. The highest BCUT2D eigenvalue weighted by atomic mass is 35.5. The Morgan fingerprint density at radius 2 is 2.10 bits per heavy atom. The first-order chi connectivity index (χ1) is 9.77. The lowest BCUT2D eigenvalue weighted by Crippen LogP contribution is -2.45. The maximum absolute atomic E-state index is 13.9. The molecule has 6 heteroatoms. The summed E-state index contributed by atoms with van der Waals surface area (Å²) in [4.78, 5) is 2.34. The molecule has 1 aromatic carbocycles. The maximum atomic E-state index is 13.9. The first-order valence-corrected chi connectivity index (χ1v) is 7.16. The number of benzene rings is 1. The number of nitrogens with zero attached hydrogens (tertiary/aromatic N) is 1. The number of aliphatic hydroxyl groups is 1. The van der Waals surface area contributed by atoms with Gasteiger partial charge in [-0.1, -0.05) is 12.1 Å². The molecule has 0 unspecified atom stereocenters. The van der Waals surface area contributed by atoms with Crippen LogP contribution < -0.4 is 10.1 Å². The molecule has 1 aliphatic rings. The van der Waals surface area contributed by atoms with E-state index in [4.69, 9.17) is 9.84 Å². The lowest BCUT2D eigenvalue weighted by molar-refractivity contribution is 0.151. The summed E-state index contributed by atoms with van der Waals surface area (Å²) in [6.07, 6.45) is 1.50. The maximum Gasteiger partial charge on any atom is 0.165 e. The van der Waals surface area contributed by atoms with Crippen molar-refractivity contribution in [1.29, 1.82) is 0 Å². The SMILES string of the molecule is COc1c(F)cccc1[C@@H](CCCO)N1CCNCC1.Cl. The minimum atomic E-state index is -0.325. The van der Waals surface area contributed by atoms with Gasteiger partial charge in [-0.05, 0) is 18.9 Å². The van der Waals surface area contributed by atoms with Crippen molar-refractivity contribution in [2.24, 2.45) is 0 Å². The molecule has 2 N–H and O–H groups in total. The molecule has 1 atom stereocenters. The van der Waals surface area contributed by atoms with Gasteiger partial charge in [0.1, 0.15) is 0 Å². The number of hydrogen-bond acceptors (Lipinski definition) is 4. The summed E-state index contributed by atoms with van der Waals surface area (Å²) in [7, 11) is 1.50. The summed E-state index contributed by atoms with van der Waals surface area (Å²) in [5, 5.41) is 12.4. The number of ether oxygens (including phenoxy) is 1. The van der Waals surface area contributed by atoms with E-state index in [1.54, 1.807) is 6.07 Å². The van der Waals surface area contributed by atoms with Gasteiger partial charge < -0.3 is 15.2 Å². The number of rotatable bonds is 6. The molecule has 0 radical (unpaired) electrons. The second kappa shape index (κ2) is 9.20. The highest BCUT2D eigenvalue weighted by Crippen LogP contribution is 2.34. The number of halogens is 2. The van der Waals surface area contributed by atoms with Crippen LogP contribution in [0.4, 0.5) is 4.39 Å². The van der Waals surface area contributed by atoms with Crippen LogP contribution in [-0.4, -0.2) is 49.9 Å². The van der Waals surface area contributed by atoms with Gasteiger partial charge in [-0.3, -0.25) is 4.90 Å². The molecule has 0 amide bonds. The fourth-order valence-electron chi connectivity index (χ4n) is 2.82. The molecule has 0 bridgehead atoms. The zero-order valence-electron chi connectivity index (χ0n) is 12.3. The molecular formula is C15H24ClFN2O2. The molecule has 21 heavy (non-hydrogen) atoms. The van der Waals surface area contributed by atoms with Gasteiger partial charge in [-0.2, -0.15) is 0 Å². The summed E-state index contributed by atoms with van der Waals surface area (Å²) < 4.78 is 19.1. The first kappa shape index (κ1) is 18.2. The number of hydrogen-bond donors (Lipinski definition) is 2. The van der Waals surface area contributed by atoms with Crippen LogP contribution in [-0.2, 0) is 0 Å². The van der Waals surface area contributed by atoms with Gasteiger partial charge in [0.05, 0.1) is 7.11 Å². The Bertz CT molecular complexity index is 428. The minimum absolute atomic E-state index is 0. The average Bonchev–Trinajstić information content (AvgIpc) is 2.49. The Morgan fingerprint density at radius 3 is 2.71 bits per heavy atom. The normalized spacial score (nSPS) is 17.1. The third kappa shape index (κ3) is 4.54. The molecule has 2 rings (SSSR count). The minimum Gasteiger partial charge on any atom is -0.493 e. The monoisotopic (exact) mass is 318 g/mol. The Labute approximate surface area is 131 Å². The van der Waals surface area contributed by atoms with E-state index in [0.717, 1.165) is 38.2 Å². The Hall–Kier alpha value is -0.880. The van der Waals surface area contributed by atoms with Crippen molar-refractivity contribution in [3.05, 3.63) is 29.6 Å². The van der Waals surface area contributed by atoms with E-state index in [1.807, 2.05) is 6.07 Å². The molecular weight excluding hydrogens is 295 g/mol. The summed E-state index contributed by atoms with van der Waals surface area (Å²) in [5.41, 5.74) is 0.878. The Kier molecular flexibility index (Phi) is 7.96. The van der Waals surface area contributed by atoms with Crippen molar-refractivity contribution >= 4 is 12.4 Å². The Morgan fingerprint density at radius 1 is 1.38 bits per heavy atom. The molecule has 0 spiro atoms. The lowest BCUT2D eigenvalue weighted by atomic mass is 9.98. The summed E-state index contributed by atoms with van der Waals surface area (Å²) in [6.45, 7) is 3.88. The highest BCUT2D eigenvalue weighted by Gasteiger charge is 2.25. The fourth-order valence-corrected chi connectivity index (χ4v) is 2.82. The summed E-state index contributed by atoms with van der Waals surface area (Å²) in [5.74, 6) is 0.00288. The predicted molar refractivity (Wildman–Crippen MR) is 83.7 cm³/mol. The third-order valence-electron chi connectivity index (χ3n) is 3.79. The molecule has 0 aliphatic carbocycles. The van der Waals surface area contributed by atoms with Crippen LogP contribution in [0.1, 0.15) is 24.4 Å². The largest absolute Gasteiger partial charge is 0.493 e. The van der Waals surface area contributed by atoms with Gasteiger partial charge in [0.2, 0.25) is 0 Å². The van der Waals surface area contributed by atoms with Gasteiger partial charge in [0, 0.05) is 44.4 Å². The Balaban J connectivity index is 0.00000220. The van der Waals surface area contributed by atoms with E-state index in [9.17, 15) is 4.39 Å². The number of aliphatic hydroxyl groups excluding tert-OH is 1. The van der Waals surface area contributed by atoms with Gasteiger partial charge >= 0.3 is 0 Å². The van der Waals surface area contributed by atoms with Crippen LogP contribution in [0.15, 0.2) is 18.2 Å². The van der Waals surface area contributed by atoms with Gasteiger partial charge in [0.25, 0.3) is 0 Å². The number of piperazine rings is 1. The van der Waals surface area contributed by atoms with E-state index in [1.165, 1.54) is 13.2 Å². The zero-order chi connectivity index (χ0) is 14.4. The highest BCUT2D eigenvalue weighted by molar-refractivity contribution is 5.85. The molecule has 120 valence electrons. The van der Waals surface area contributed by atoms with E-state index < -0.39 is 0 Å². The van der Waals surface area contributed by atoms with Gasteiger partial charge in [0.15, 0.2) is 11.6 Å². The molecule has 1 aromatic rings. The first-order valence-electron chi connectivity index (χ1n) is 7.16. The number of nitrogens with one attached hydrogen (secondary N) is 1. The second-order valence-corrected chi connectivity index (χ2v) is 5.03. The van der Waals surface area contributed by atoms with Crippen molar-refractivity contribution in [2.75, 3.05) is 39.9 Å². The molecule has 1 heterocycles. The summed E-state index contributed by atoms with van der Waals surface area (Å²) in [6, 6.07) is 5.16. The molecule has 1 fully saturated rings. The van der Waals surface area contributed by atoms with Crippen LogP contribution in [0.5, 0.6) is 5.75 Å². The standard InChI is InChI=1S/C15H23FN2O2.ClH/c1-20-15-12(4-2-5-13(15)16)14(6-3-11-19)18-9-7-17-8-10-18;/h2,4-5,14,17,19H,3,6-11H2,1H3;1H/t14-;/m1./s1. The van der Waals surface area contributed by atoms with Crippen molar-refractivity contribution in [3.63, 3.8) is 0 Å². The van der Waals surface area contributed by atoms with Gasteiger partial charge in [-0.25, -0.2) is 4.39 Å². The zero-order valence-corrected chi connectivity index (χ0v) is 13.2. The summed E-state index contributed by atoms with van der Waals surface area (Å²) >= 11 is 0. The fraction of sp³-hybridized carbons (Fsp3) is 0.600. The molecule has 0 saturated carbocycles. The molecule has 1 saturated heterocycles. The van der Waals surface area contributed by atoms with Crippen LogP contribution in [0.2, 0.25) is 0 Å². The van der Waals surface area contributed by atoms with E-state index in [-0.39, 0.29) is 30.9 Å². The van der Waals surface area contributed by atoms with Crippen LogP contribution in [0.25, 0.3) is 0 Å². The average molecular weight is 319 g/mol. The number of methoxy groups -OCH3 is 1. The van der Waals surface area contributed by atoms with Crippen molar-refractivity contribution < 1.29 is 14.2 Å². The lowest BCUT2D eigenvalue weighted by Gasteiger charge is -2.35. The van der Waals surface area contributed by atoms with Crippen molar-refractivity contribution in [3.8, 4) is 5.75 Å². The van der Waals surface area contributed by atoms with E-state index in [0.29, 0.717) is 12.2 Å². The molecule has 4 nitrogen and oxygen atoms in total. The van der Waals surface area contributed by atoms with E-state index >= 15 is 0 Å². The van der Waals surface area contributed by atoms with E-state index in [2.05, 4.69) is 10.2 Å². The topological polar surface area (TPSA) is 44.7 Å². The van der Waals surface area contributed by atoms with Crippen LogP contribution >= 0.6 is 12.4 Å². The number of para-hydroxylation sites is 1. The van der Waals surface area contributed by atoms with Gasteiger partial charge in [-0.15, -0.1) is 12.4 Å². The van der Waals surface area contributed by atoms with Crippen molar-refractivity contribution in [2.45, 2.75) is 18.9 Å². The predicted octanol–water partition coefficient (Wildman–Crippen LogP) is 1.97. The molecule has 1 aliphatic heterocycles. The molecule has 0 aromatic heterocycles.